The second-order valence-corrected chi connectivity index (χ2v) is 6.67. The van der Waals surface area contributed by atoms with Crippen LogP contribution in [0.5, 0.6) is 0 Å². The highest BCUT2D eigenvalue weighted by atomic mass is 19.4. The van der Waals surface area contributed by atoms with E-state index in [0.29, 0.717) is 24.0 Å². The number of rotatable bonds is 5. The fourth-order valence-corrected chi connectivity index (χ4v) is 3.24. The monoisotopic (exact) mass is 378 g/mol. The maximum absolute atomic E-state index is 12.6. The Labute approximate surface area is 155 Å². The number of amides is 1. The lowest BCUT2D eigenvalue weighted by Crippen LogP contribution is -2.36. The largest absolute Gasteiger partial charge is 0.416 e. The zero-order chi connectivity index (χ0) is 19.3. The Morgan fingerprint density at radius 1 is 1.19 bits per heavy atom. The van der Waals surface area contributed by atoms with Gasteiger partial charge in [0.2, 0.25) is 11.9 Å². The van der Waals surface area contributed by atoms with Gasteiger partial charge in [-0.05, 0) is 55.5 Å². The van der Waals surface area contributed by atoms with Crippen LogP contribution >= 0.6 is 0 Å². The SMILES string of the molecule is O=C(CC[C@@H]1CCCN(c2ncccn2)C1)Nc1ccc(C(F)(F)F)cc1. The number of aromatic nitrogens is 2. The van der Waals surface area contributed by atoms with Crippen molar-refractivity contribution in [1.29, 1.82) is 0 Å². The van der Waals surface area contributed by atoms with Gasteiger partial charge >= 0.3 is 6.18 Å². The molecule has 144 valence electrons. The van der Waals surface area contributed by atoms with Crippen LogP contribution < -0.4 is 10.2 Å². The molecule has 1 aliphatic rings. The first-order valence-corrected chi connectivity index (χ1v) is 8.91. The number of hydrogen-bond acceptors (Lipinski definition) is 4. The van der Waals surface area contributed by atoms with Gasteiger partial charge in [0.05, 0.1) is 5.56 Å². The minimum atomic E-state index is -4.38. The van der Waals surface area contributed by atoms with E-state index in [1.54, 1.807) is 18.5 Å². The van der Waals surface area contributed by atoms with Gasteiger partial charge in [-0.1, -0.05) is 0 Å². The van der Waals surface area contributed by atoms with E-state index in [4.69, 9.17) is 0 Å². The topological polar surface area (TPSA) is 58.1 Å². The van der Waals surface area contributed by atoms with Crippen LogP contribution in [-0.4, -0.2) is 29.0 Å². The molecule has 0 unspecified atom stereocenters. The molecule has 0 radical (unpaired) electrons. The quantitative estimate of drug-likeness (QED) is 0.850. The number of nitrogens with zero attached hydrogens (tertiary/aromatic N) is 3. The van der Waals surface area contributed by atoms with Gasteiger partial charge in [0.15, 0.2) is 0 Å². The zero-order valence-corrected chi connectivity index (χ0v) is 14.7. The van der Waals surface area contributed by atoms with Gasteiger partial charge in [-0.25, -0.2) is 9.97 Å². The number of nitrogens with one attached hydrogen (secondary N) is 1. The van der Waals surface area contributed by atoms with E-state index >= 15 is 0 Å². The molecule has 5 nitrogen and oxygen atoms in total. The predicted molar refractivity (Wildman–Crippen MR) is 96.3 cm³/mol. The van der Waals surface area contributed by atoms with Crippen molar-refractivity contribution in [3.63, 3.8) is 0 Å². The first-order valence-electron chi connectivity index (χ1n) is 8.91. The van der Waals surface area contributed by atoms with E-state index < -0.39 is 11.7 Å². The van der Waals surface area contributed by atoms with Crippen molar-refractivity contribution in [2.24, 2.45) is 5.92 Å². The average molecular weight is 378 g/mol. The Kier molecular flexibility index (Phi) is 5.93. The summed E-state index contributed by atoms with van der Waals surface area (Å²) in [6.07, 6.45) is 2.15. The van der Waals surface area contributed by atoms with Crippen LogP contribution in [0.4, 0.5) is 24.8 Å². The highest BCUT2D eigenvalue weighted by Gasteiger charge is 2.30. The maximum Gasteiger partial charge on any atom is 0.416 e. The highest BCUT2D eigenvalue weighted by Crippen LogP contribution is 2.30. The van der Waals surface area contributed by atoms with Crippen molar-refractivity contribution in [3.8, 4) is 0 Å². The molecule has 1 aromatic heterocycles. The van der Waals surface area contributed by atoms with Crippen LogP contribution in [-0.2, 0) is 11.0 Å². The molecule has 1 fully saturated rings. The van der Waals surface area contributed by atoms with E-state index in [0.717, 1.165) is 44.5 Å². The summed E-state index contributed by atoms with van der Waals surface area (Å²) in [6, 6.07) is 6.26. The van der Waals surface area contributed by atoms with Gasteiger partial charge in [0.1, 0.15) is 0 Å². The van der Waals surface area contributed by atoms with Gasteiger partial charge in [-0.3, -0.25) is 4.79 Å². The minimum absolute atomic E-state index is 0.192. The minimum Gasteiger partial charge on any atom is -0.341 e. The lowest BCUT2D eigenvalue weighted by atomic mass is 9.93. The molecule has 1 saturated heterocycles. The number of alkyl halides is 3. The van der Waals surface area contributed by atoms with Crippen LogP contribution in [0.3, 0.4) is 0 Å². The molecule has 1 aromatic carbocycles. The molecule has 1 amide bonds. The highest BCUT2D eigenvalue weighted by molar-refractivity contribution is 5.90. The van der Waals surface area contributed by atoms with Crippen LogP contribution in [0.15, 0.2) is 42.7 Å². The fourth-order valence-electron chi connectivity index (χ4n) is 3.24. The average Bonchev–Trinajstić information content (AvgIpc) is 2.67. The summed E-state index contributed by atoms with van der Waals surface area (Å²) in [7, 11) is 0. The number of piperidine rings is 1. The van der Waals surface area contributed by atoms with E-state index in [9.17, 15) is 18.0 Å². The molecule has 0 spiro atoms. The number of hydrogen-bond donors (Lipinski definition) is 1. The van der Waals surface area contributed by atoms with Crippen molar-refractivity contribution in [1.82, 2.24) is 9.97 Å². The molecule has 3 rings (SSSR count). The molecule has 1 atom stereocenters. The Morgan fingerprint density at radius 3 is 2.56 bits per heavy atom. The normalized spacial score (nSPS) is 17.6. The lowest BCUT2D eigenvalue weighted by molar-refractivity contribution is -0.137. The van der Waals surface area contributed by atoms with E-state index in [2.05, 4.69) is 20.2 Å². The second kappa shape index (κ2) is 8.37. The summed E-state index contributed by atoms with van der Waals surface area (Å²) in [5, 5.41) is 2.66. The van der Waals surface area contributed by atoms with E-state index in [1.165, 1.54) is 12.1 Å². The van der Waals surface area contributed by atoms with Crippen molar-refractivity contribution in [2.75, 3.05) is 23.3 Å². The van der Waals surface area contributed by atoms with Crippen LogP contribution in [0, 0.1) is 5.92 Å². The Bertz CT molecular complexity index is 750. The third-order valence-electron chi connectivity index (χ3n) is 4.63. The molecule has 0 bridgehead atoms. The van der Waals surface area contributed by atoms with E-state index in [1.807, 2.05) is 0 Å². The molecule has 0 saturated carbocycles. The Hall–Kier alpha value is -2.64. The van der Waals surface area contributed by atoms with E-state index in [-0.39, 0.29) is 5.91 Å². The van der Waals surface area contributed by atoms with Gasteiger partial charge in [-0.15, -0.1) is 0 Å². The van der Waals surface area contributed by atoms with Gasteiger partial charge in [-0.2, -0.15) is 13.2 Å². The number of halogens is 3. The van der Waals surface area contributed by atoms with Crippen molar-refractivity contribution in [3.05, 3.63) is 48.3 Å². The second-order valence-electron chi connectivity index (χ2n) is 6.67. The first-order chi connectivity index (χ1) is 12.9. The summed E-state index contributed by atoms with van der Waals surface area (Å²) in [6.45, 7) is 1.70. The molecular weight excluding hydrogens is 357 g/mol. The summed E-state index contributed by atoms with van der Waals surface area (Å²) in [5.74, 6) is 0.875. The third kappa shape index (κ3) is 5.42. The number of carbonyl (C=O) groups excluding carboxylic acids is 1. The van der Waals surface area contributed by atoms with Gasteiger partial charge in [0.25, 0.3) is 0 Å². The summed E-state index contributed by atoms with van der Waals surface area (Å²) >= 11 is 0. The van der Waals surface area contributed by atoms with Crippen LogP contribution in [0.1, 0.15) is 31.2 Å². The summed E-state index contributed by atoms with van der Waals surface area (Å²) in [5.41, 5.74) is -0.359. The van der Waals surface area contributed by atoms with Crippen LogP contribution in [0.2, 0.25) is 0 Å². The smallest absolute Gasteiger partial charge is 0.341 e. The number of carbonyl (C=O) groups is 1. The van der Waals surface area contributed by atoms with Gasteiger partial charge < -0.3 is 10.2 Å². The molecule has 2 heterocycles. The molecular formula is C19H21F3N4O. The Morgan fingerprint density at radius 2 is 1.89 bits per heavy atom. The van der Waals surface area contributed by atoms with Gasteiger partial charge in [0, 0.05) is 37.6 Å². The Balaban J connectivity index is 1.47. The third-order valence-corrected chi connectivity index (χ3v) is 4.63. The molecule has 8 heteroatoms. The van der Waals surface area contributed by atoms with Crippen molar-refractivity contribution >= 4 is 17.5 Å². The molecule has 0 aliphatic carbocycles. The first kappa shape index (κ1) is 19.1. The standard InChI is InChI=1S/C19H21F3N4O/c20-19(21,22)15-5-7-16(8-6-15)25-17(27)9-4-14-3-1-12-26(13-14)18-23-10-2-11-24-18/h2,5-8,10-11,14H,1,3-4,9,12-13H2,(H,25,27)/t14-/m0/s1. The maximum atomic E-state index is 12.6. The molecule has 1 aliphatic heterocycles. The number of anilines is 2. The zero-order valence-electron chi connectivity index (χ0n) is 14.7. The summed E-state index contributed by atoms with van der Waals surface area (Å²) < 4.78 is 37.7. The number of benzene rings is 1. The lowest BCUT2D eigenvalue weighted by Gasteiger charge is -2.32. The molecule has 2 aromatic rings. The fraction of sp³-hybridized carbons (Fsp3) is 0.421. The van der Waals surface area contributed by atoms with Crippen LogP contribution in [0.25, 0.3) is 0 Å². The summed E-state index contributed by atoms with van der Waals surface area (Å²) in [4.78, 5) is 22.8. The molecule has 1 N–H and O–H groups in total. The predicted octanol–water partition coefficient (Wildman–Crippen LogP) is 4.13. The van der Waals surface area contributed by atoms with Crippen molar-refractivity contribution in [2.45, 2.75) is 31.9 Å². The molecule has 27 heavy (non-hydrogen) atoms. The van der Waals surface area contributed by atoms with Crippen molar-refractivity contribution < 1.29 is 18.0 Å².